The van der Waals surface area contributed by atoms with Crippen LogP contribution in [0.2, 0.25) is 0 Å². The van der Waals surface area contributed by atoms with Crippen LogP contribution in [-0.2, 0) is 4.79 Å². The molecule has 2 aromatic carbocycles. The quantitative estimate of drug-likeness (QED) is 0.661. The van der Waals surface area contributed by atoms with Crippen LogP contribution in [0.1, 0.15) is 24.4 Å². The van der Waals surface area contributed by atoms with Crippen LogP contribution in [0.15, 0.2) is 57.9 Å². The second-order valence-corrected chi connectivity index (χ2v) is 7.73. The van der Waals surface area contributed by atoms with Crippen LogP contribution in [-0.4, -0.2) is 30.2 Å². The smallest absolute Gasteiger partial charge is 0.233 e. The Labute approximate surface area is 155 Å². The van der Waals surface area contributed by atoms with E-state index in [0.29, 0.717) is 5.75 Å². The van der Waals surface area contributed by atoms with Crippen LogP contribution in [0.5, 0.6) is 5.75 Å². The van der Waals surface area contributed by atoms with Crippen LogP contribution in [0.25, 0.3) is 0 Å². The molecular weight excluding hydrogens is 386 g/mol. The maximum atomic E-state index is 12.7. The number of rotatable bonds is 5. The third kappa shape index (κ3) is 4.14. The first-order chi connectivity index (χ1) is 11.7. The van der Waals surface area contributed by atoms with E-state index in [1.807, 2.05) is 47.4 Å². The number of amides is 1. The average Bonchev–Trinajstić information content (AvgIpc) is 3.11. The van der Waals surface area contributed by atoms with Crippen LogP contribution < -0.4 is 4.74 Å². The minimum atomic E-state index is 0.165. The molecule has 3 rings (SSSR count). The van der Waals surface area contributed by atoms with Crippen LogP contribution >= 0.6 is 27.7 Å². The molecule has 1 amide bonds. The molecule has 1 aliphatic heterocycles. The zero-order chi connectivity index (χ0) is 16.9. The van der Waals surface area contributed by atoms with E-state index in [1.54, 1.807) is 18.9 Å². The van der Waals surface area contributed by atoms with Crippen molar-refractivity contribution in [3.8, 4) is 5.75 Å². The fourth-order valence-electron chi connectivity index (χ4n) is 3.02. The summed E-state index contributed by atoms with van der Waals surface area (Å²) in [6.45, 7) is 0.835. The van der Waals surface area contributed by atoms with Gasteiger partial charge >= 0.3 is 0 Å². The van der Waals surface area contributed by atoms with Crippen molar-refractivity contribution >= 4 is 33.6 Å². The lowest BCUT2D eigenvalue weighted by Crippen LogP contribution is -2.31. The summed E-state index contributed by atoms with van der Waals surface area (Å²) in [7, 11) is 1.67. The molecule has 1 heterocycles. The molecule has 0 radical (unpaired) electrons. The maximum Gasteiger partial charge on any atom is 0.233 e. The summed E-state index contributed by atoms with van der Waals surface area (Å²) in [6, 6.07) is 16.3. The number of nitrogens with zero attached hydrogens (tertiary/aromatic N) is 1. The summed E-state index contributed by atoms with van der Waals surface area (Å²) in [6.07, 6.45) is 2.07. The third-order valence-corrected chi connectivity index (χ3v) is 5.75. The Balaban J connectivity index is 1.65. The van der Waals surface area contributed by atoms with Gasteiger partial charge in [-0.3, -0.25) is 4.79 Å². The Bertz CT molecular complexity index is 705. The lowest BCUT2D eigenvalue weighted by Gasteiger charge is -2.25. The summed E-state index contributed by atoms with van der Waals surface area (Å²) in [4.78, 5) is 15.8. The van der Waals surface area contributed by atoms with Crippen molar-refractivity contribution in [1.82, 2.24) is 4.90 Å². The van der Waals surface area contributed by atoms with Gasteiger partial charge in [-0.15, -0.1) is 11.8 Å². The highest BCUT2D eigenvalue weighted by molar-refractivity contribution is 9.10. The van der Waals surface area contributed by atoms with Crippen molar-refractivity contribution in [2.24, 2.45) is 0 Å². The van der Waals surface area contributed by atoms with Crippen molar-refractivity contribution < 1.29 is 9.53 Å². The number of likely N-dealkylation sites (tertiary alicyclic amines) is 1. The van der Waals surface area contributed by atoms with E-state index in [0.717, 1.165) is 40.1 Å². The molecule has 0 saturated carbocycles. The zero-order valence-electron chi connectivity index (χ0n) is 13.6. The summed E-state index contributed by atoms with van der Waals surface area (Å²) >= 11 is 5.02. The van der Waals surface area contributed by atoms with Gasteiger partial charge < -0.3 is 9.64 Å². The zero-order valence-corrected chi connectivity index (χ0v) is 16.0. The number of ether oxygens (including phenoxy) is 1. The molecule has 1 fully saturated rings. The predicted molar refractivity (Wildman–Crippen MR) is 102 cm³/mol. The Kier molecular flexibility index (Phi) is 5.85. The summed E-state index contributed by atoms with van der Waals surface area (Å²) in [5, 5.41) is 0. The van der Waals surface area contributed by atoms with Crippen molar-refractivity contribution in [3.05, 3.63) is 58.6 Å². The van der Waals surface area contributed by atoms with Gasteiger partial charge in [0.1, 0.15) is 5.75 Å². The molecule has 24 heavy (non-hydrogen) atoms. The molecule has 0 aliphatic carbocycles. The number of carbonyl (C=O) groups excluding carboxylic acids is 1. The highest BCUT2D eigenvalue weighted by atomic mass is 79.9. The predicted octanol–water partition coefficient (Wildman–Crippen LogP) is 4.91. The maximum absolute atomic E-state index is 12.7. The number of hydrogen-bond donors (Lipinski definition) is 0. The average molecular weight is 406 g/mol. The largest absolute Gasteiger partial charge is 0.497 e. The Morgan fingerprint density at radius 1 is 1.29 bits per heavy atom. The van der Waals surface area contributed by atoms with E-state index < -0.39 is 0 Å². The number of carbonyl (C=O) groups is 1. The van der Waals surface area contributed by atoms with Gasteiger partial charge in [0, 0.05) is 15.9 Å². The molecule has 0 bridgehead atoms. The van der Waals surface area contributed by atoms with Gasteiger partial charge in [-0.1, -0.05) is 28.1 Å². The minimum Gasteiger partial charge on any atom is -0.497 e. The van der Waals surface area contributed by atoms with Gasteiger partial charge in [0.05, 0.1) is 18.9 Å². The number of thioether (sulfide) groups is 1. The first kappa shape index (κ1) is 17.4. The second-order valence-electron chi connectivity index (χ2n) is 5.76. The normalized spacial score (nSPS) is 17.1. The molecule has 1 saturated heterocycles. The first-order valence-corrected chi connectivity index (χ1v) is 9.77. The Morgan fingerprint density at radius 2 is 2.08 bits per heavy atom. The van der Waals surface area contributed by atoms with Gasteiger partial charge in [-0.05, 0) is 54.8 Å². The van der Waals surface area contributed by atoms with E-state index in [1.165, 1.54) is 0 Å². The molecule has 1 atom stereocenters. The van der Waals surface area contributed by atoms with E-state index in [2.05, 4.69) is 22.0 Å². The lowest BCUT2D eigenvalue weighted by molar-refractivity contribution is -0.129. The second kappa shape index (κ2) is 8.08. The molecule has 1 aliphatic rings. The molecule has 0 spiro atoms. The minimum absolute atomic E-state index is 0.165. The number of hydrogen-bond acceptors (Lipinski definition) is 3. The highest BCUT2D eigenvalue weighted by Crippen LogP contribution is 2.34. The highest BCUT2D eigenvalue weighted by Gasteiger charge is 2.29. The molecule has 1 unspecified atom stereocenters. The molecule has 5 heteroatoms. The standard InChI is InChI=1S/C19H20BrNO2S/c1-23-16-5-2-4-14(12-16)18-6-3-11-21(18)19(22)13-24-17-9-7-15(20)8-10-17/h2,4-5,7-10,12,18H,3,6,11,13H2,1H3. The summed E-state index contributed by atoms with van der Waals surface area (Å²) in [5.74, 6) is 1.52. The Morgan fingerprint density at radius 3 is 2.83 bits per heavy atom. The monoisotopic (exact) mass is 405 g/mol. The van der Waals surface area contributed by atoms with Gasteiger partial charge in [0.15, 0.2) is 0 Å². The van der Waals surface area contributed by atoms with Gasteiger partial charge in [-0.2, -0.15) is 0 Å². The fourth-order valence-corrected chi connectivity index (χ4v) is 4.07. The SMILES string of the molecule is COc1cccc(C2CCCN2C(=O)CSc2ccc(Br)cc2)c1. The molecule has 3 nitrogen and oxygen atoms in total. The molecule has 0 aromatic heterocycles. The van der Waals surface area contributed by atoms with E-state index in [9.17, 15) is 4.79 Å². The summed E-state index contributed by atoms with van der Waals surface area (Å²) < 4.78 is 6.37. The number of benzene rings is 2. The summed E-state index contributed by atoms with van der Waals surface area (Å²) in [5.41, 5.74) is 1.16. The fraction of sp³-hybridized carbons (Fsp3) is 0.316. The molecule has 0 N–H and O–H groups in total. The van der Waals surface area contributed by atoms with E-state index >= 15 is 0 Å². The third-order valence-electron chi connectivity index (χ3n) is 4.23. The van der Waals surface area contributed by atoms with Crippen LogP contribution in [0, 0.1) is 0 Å². The van der Waals surface area contributed by atoms with Crippen molar-refractivity contribution in [3.63, 3.8) is 0 Å². The number of halogens is 1. The van der Waals surface area contributed by atoms with Crippen molar-refractivity contribution in [2.75, 3.05) is 19.4 Å². The van der Waals surface area contributed by atoms with Gasteiger partial charge in [-0.25, -0.2) is 0 Å². The van der Waals surface area contributed by atoms with Crippen LogP contribution in [0.4, 0.5) is 0 Å². The molecular formula is C19H20BrNO2S. The van der Waals surface area contributed by atoms with Crippen molar-refractivity contribution in [1.29, 1.82) is 0 Å². The van der Waals surface area contributed by atoms with Crippen LogP contribution in [0.3, 0.4) is 0 Å². The Hall–Kier alpha value is -1.46. The first-order valence-electron chi connectivity index (χ1n) is 7.99. The van der Waals surface area contributed by atoms with Gasteiger partial charge in [0.2, 0.25) is 5.91 Å². The van der Waals surface area contributed by atoms with E-state index in [4.69, 9.17) is 4.74 Å². The molecule has 126 valence electrons. The lowest BCUT2D eigenvalue weighted by atomic mass is 10.0. The number of methoxy groups -OCH3 is 1. The van der Waals surface area contributed by atoms with E-state index in [-0.39, 0.29) is 11.9 Å². The molecule has 2 aromatic rings. The van der Waals surface area contributed by atoms with Gasteiger partial charge in [0.25, 0.3) is 0 Å². The topological polar surface area (TPSA) is 29.5 Å². The van der Waals surface area contributed by atoms with Crippen molar-refractivity contribution in [2.45, 2.75) is 23.8 Å².